The van der Waals surface area contributed by atoms with Crippen LogP contribution in [0.1, 0.15) is 30.1 Å². The van der Waals surface area contributed by atoms with Crippen LogP contribution >= 0.6 is 34.5 Å². The van der Waals surface area contributed by atoms with Gasteiger partial charge in [-0.3, -0.25) is 0 Å². The summed E-state index contributed by atoms with van der Waals surface area (Å²) in [5, 5.41) is 4.45. The lowest BCUT2D eigenvalue weighted by Crippen LogP contribution is -2.22. The van der Waals surface area contributed by atoms with Crippen molar-refractivity contribution in [1.29, 1.82) is 0 Å². The molecular weight excluding hydrogens is 323 g/mol. The Kier molecular flexibility index (Phi) is 6.06. The van der Waals surface area contributed by atoms with Crippen molar-refractivity contribution in [2.24, 2.45) is 5.92 Å². The Balaban J connectivity index is 1.98. The van der Waals surface area contributed by atoms with Gasteiger partial charge in [0.25, 0.3) is 0 Å². The van der Waals surface area contributed by atoms with Gasteiger partial charge in [0, 0.05) is 24.9 Å². The lowest BCUT2D eigenvalue weighted by molar-refractivity contribution is 0.286. The molecule has 5 heteroatoms. The van der Waals surface area contributed by atoms with Crippen molar-refractivity contribution in [2.75, 3.05) is 13.6 Å². The third kappa shape index (κ3) is 5.26. The molecule has 0 aliphatic rings. The molecular formula is C16H20Cl2N2S. The average Bonchev–Trinajstić information content (AvgIpc) is 2.80. The average molecular weight is 343 g/mol. The summed E-state index contributed by atoms with van der Waals surface area (Å²) >= 11 is 13.7. The molecule has 2 aromatic rings. The molecule has 0 fully saturated rings. The lowest BCUT2D eigenvalue weighted by Gasteiger charge is -2.17. The van der Waals surface area contributed by atoms with Gasteiger partial charge in [0.15, 0.2) is 0 Å². The second-order valence-electron chi connectivity index (χ2n) is 5.75. The number of hydrogen-bond donors (Lipinski definition) is 0. The molecule has 114 valence electrons. The van der Waals surface area contributed by atoms with E-state index in [2.05, 4.69) is 31.2 Å². The summed E-state index contributed by atoms with van der Waals surface area (Å²) in [6.45, 7) is 6.44. The van der Waals surface area contributed by atoms with Crippen LogP contribution in [0.4, 0.5) is 0 Å². The van der Waals surface area contributed by atoms with E-state index in [1.807, 2.05) is 18.2 Å². The summed E-state index contributed by atoms with van der Waals surface area (Å²) in [6.07, 6.45) is 0.801. The standard InChI is InChI=1S/C16H20Cl2N2S/c1-11(2)8-20(3)9-13-10-21-16(19-13)7-12-4-5-14(17)15(18)6-12/h4-6,10-11H,7-9H2,1-3H3. The highest BCUT2D eigenvalue weighted by Crippen LogP contribution is 2.24. The maximum Gasteiger partial charge on any atom is 0.0972 e. The zero-order chi connectivity index (χ0) is 15.4. The summed E-state index contributed by atoms with van der Waals surface area (Å²) in [5.41, 5.74) is 2.28. The Morgan fingerprint density at radius 3 is 2.67 bits per heavy atom. The van der Waals surface area contributed by atoms with Crippen molar-refractivity contribution in [3.63, 3.8) is 0 Å². The third-order valence-electron chi connectivity index (χ3n) is 3.05. The number of aromatic nitrogens is 1. The quantitative estimate of drug-likeness (QED) is 0.723. The Bertz CT molecular complexity index is 596. The number of rotatable bonds is 6. The van der Waals surface area contributed by atoms with Crippen LogP contribution in [0.2, 0.25) is 10.0 Å². The summed E-state index contributed by atoms with van der Waals surface area (Å²) in [4.78, 5) is 7.01. The molecule has 1 heterocycles. The van der Waals surface area contributed by atoms with Crippen molar-refractivity contribution < 1.29 is 0 Å². The van der Waals surface area contributed by atoms with Crippen LogP contribution in [0, 0.1) is 5.92 Å². The number of thiazole rings is 1. The number of hydrogen-bond acceptors (Lipinski definition) is 3. The monoisotopic (exact) mass is 342 g/mol. The summed E-state index contributed by atoms with van der Waals surface area (Å²) < 4.78 is 0. The third-order valence-corrected chi connectivity index (χ3v) is 4.68. The molecule has 0 aliphatic carbocycles. The Hall–Kier alpha value is -0.610. The van der Waals surface area contributed by atoms with Crippen LogP contribution in [-0.2, 0) is 13.0 Å². The lowest BCUT2D eigenvalue weighted by atomic mass is 10.1. The van der Waals surface area contributed by atoms with Crippen molar-refractivity contribution in [3.8, 4) is 0 Å². The van der Waals surface area contributed by atoms with Crippen molar-refractivity contribution in [2.45, 2.75) is 26.8 Å². The molecule has 1 aromatic carbocycles. The number of nitrogens with zero attached hydrogens (tertiary/aromatic N) is 2. The highest BCUT2D eigenvalue weighted by atomic mass is 35.5. The molecule has 0 radical (unpaired) electrons. The van der Waals surface area contributed by atoms with E-state index in [0.29, 0.717) is 16.0 Å². The maximum absolute atomic E-state index is 6.05. The summed E-state index contributed by atoms with van der Waals surface area (Å²) in [5.74, 6) is 0.671. The molecule has 0 unspecified atom stereocenters. The van der Waals surface area contributed by atoms with Gasteiger partial charge in [0.2, 0.25) is 0 Å². The van der Waals surface area contributed by atoms with Crippen LogP contribution in [0.15, 0.2) is 23.6 Å². The van der Waals surface area contributed by atoms with E-state index < -0.39 is 0 Å². The first-order valence-electron chi connectivity index (χ1n) is 6.99. The summed E-state index contributed by atoms with van der Waals surface area (Å²) in [6, 6.07) is 5.75. The Morgan fingerprint density at radius 2 is 2.00 bits per heavy atom. The fraction of sp³-hybridized carbons (Fsp3) is 0.438. The van der Waals surface area contributed by atoms with Gasteiger partial charge < -0.3 is 4.90 Å². The molecule has 0 saturated heterocycles. The van der Waals surface area contributed by atoms with Gasteiger partial charge in [-0.1, -0.05) is 43.1 Å². The molecule has 0 atom stereocenters. The molecule has 0 bridgehead atoms. The van der Waals surface area contributed by atoms with Crippen LogP contribution in [0.25, 0.3) is 0 Å². The predicted octanol–water partition coefficient (Wildman–Crippen LogP) is 5.13. The fourth-order valence-corrected chi connectivity index (χ4v) is 3.43. The fourth-order valence-electron chi connectivity index (χ4n) is 2.29. The second kappa shape index (κ2) is 7.59. The number of benzene rings is 1. The molecule has 0 amide bonds. The molecule has 21 heavy (non-hydrogen) atoms. The van der Waals surface area contributed by atoms with E-state index in [4.69, 9.17) is 28.2 Å². The van der Waals surface area contributed by atoms with Crippen molar-refractivity contribution >= 4 is 34.5 Å². The highest BCUT2D eigenvalue weighted by Gasteiger charge is 2.08. The minimum Gasteiger partial charge on any atom is -0.300 e. The summed E-state index contributed by atoms with van der Waals surface area (Å²) in [7, 11) is 2.14. The molecule has 0 saturated carbocycles. The largest absolute Gasteiger partial charge is 0.300 e. The van der Waals surface area contributed by atoms with Crippen LogP contribution in [0.3, 0.4) is 0 Å². The van der Waals surface area contributed by atoms with Gasteiger partial charge in [-0.15, -0.1) is 11.3 Å². The van der Waals surface area contributed by atoms with Crippen molar-refractivity contribution in [1.82, 2.24) is 9.88 Å². The topological polar surface area (TPSA) is 16.1 Å². The molecule has 2 nitrogen and oxygen atoms in total. The smallest absolute Gasteiger partial charge is 0.0972 e. The van der Waals surface area contributed by atoms with Crippen molar-refractivity contribution in [3.05, 3.63) is 49.9 Å². The molecule has 1 aromatic heterocycles. The van der Waals surface area contributed by atoms with E-state index >= 15 is 0 Å². The van der Waals surface area contributed by atoms with Gasteiger partial charge >= 0.3 is 0 Å². The molecule has 0 spiro atoms. The molecule has 0 aliphatic heterocycles. The SMILES string of the molecule is CC(C)CN(C)Cc1csc(Cc2ccc(Cl)c(Cl)c2)n1. The van der Waals surface area contributed by atoms with Gasteiger partial charge in [0.1, 0.15) is 0 Å². The Morgan fingerprint density at radius 1 is 1.24 bits per heavy atom. The minimum atomic E-state index is 0.593. The van der Waals surface area contributed by atoms with Crippen LogP contribution in [0.5, 0.6) is 0 Å². The zero-order valence-electron chi connectivity index (χ0n) is 12.6. The van der Waals surface area contributed by atoms with Crippen LogP contribution in [-0.4, -0.2) is 23.5 Å². The van der Waals surface area contributed by atoms with Crippen LogP contribution < -0.4 is 0 Å². The first kappa shape index (κ1) is 16.8. The second-order valence-corrected chi connectivity index (χ2v) is 7.51. The van der Waals surface area contributed by atoms with E-state index in [0.717, 1.165) is 35.8 Å². The van der Waals surface area contributed by atoms with Gasteiger partial charge in [-0.05, 0) is 30.7 Å². The van der Waals surface area contributed by atoms with E-state index in [1.54, 1.807) is 11.3 Å². The number of halogens is 2. The van der Waals surface area contributed by atoms with Gasteiger partial charge in [-0.25, -0.2) is 4.98 Å². The van der Waals surface area contributed by atoms with Gasteiger partial charge in [0.05, 0.1) is 20.7 Å². The van der Waals surface area contributed by atoms with E-state index in [9.17, 15) is 0 Å². The first-order valence-corrected chi connectivity index (χ1v) is 8.63. The highest BCUT2D eigenvalue weighted by molar-refractivity contribution is 7.09. The first-order chi connectivity index (χ1) is 9.94. The molecule has 2 rings (SSSR count). The Labute approximate surface area is 140 Å². The zero-order valence-corrected chi connectivity index (χ0v) is 14.9. The van der Waals surface area contributed by atoms with Gasteiger partial charge in [-0.2, -0.15) is 0 Å². The normalized spacial score (nSPS) is 11.6. The minimum absolute atomic E-state index is 0.593. The van der Waals surface area contributed by atoms with E-state index in [1.165, 1.54) is 0 Å². The predicted molar refractivity (Wildman–Crippen MR) is 92.6 cm³/mol. The molecule has 0 N–H and O–H groups in total. The maximum atomic E-state index is 6.05. The van der Waals surface area contributed by atoms with E-state index in [-0.39, 0.29) is 0 Å².